The van der Waals surface area contributed by atoms with Crippen molar-refractivity contribution in [1.82, 2.24) is 0 Å². The molecule has 2 nitrogen and oxygen atoms in total. The Morgan fingerprint density at radius 1 is 1.50 bits per heavy atom. The Balaban J connectivity index is 2.80. The van der Waals surface area contributed by atoms with Crippen LogP contribution in [0.15, 0.2) is 29.2 Å². The minimum Gasteiger partial charge on any atom is -0.389 e. The monoisotopic (exact) mass is 216 g/mol. The van der Waals surface area contributed by atoms with E-state index in [0.29, 0.717) is 4.90 Å². The van der Waals surface area contributed by atoms with Gasteiger partial charge in [-0.3, -0.25) is 4.21 Å². The molecule has 1 N–H and O–H groups in total. The SMILES string of the molecule is CC(C)(O)CS(=O)c1cccc(F)c1. The molecule has 4 heteroatoms. The van der Waals surface area contributed by atoms with Crippen LogP contribution >= 0.6 is 0 Å². The Morgan fingerprint density at radius 2 is 2.14 bits per heavy atom. The highest BCUT2D eigenvalue weighted by molar-refractivity contribution is 7.85. The highest BCUT2D eigenvalue weighted by Gasteiger charge is 2.18. The zero-order chi connectivity index (χ0) is 10.8. The van der Waals surface area contributed by atoms with E-state index in [-0.39, 0.29) is 5.75 Å². The fourth-order valence-electron chi connectivity index (χ4n) is 1.01. The lowest BCUT2D eigenvalue weighted by molar-refractivity contribution is 0.106. The van der Waals surface area contributed by atoms with E-state index in [9.17, 15) is 13.7 Å². The van der Waals surface area contributed by atoms with E-state index in [1.165, 1.54) is 18.2 Å². The zero-order valence-electron chi connectivity index (χ0n) is 8.16. The number of rotatable bonds is 3. The molecule has 0 aliphatic carbocycles. The Hall–Kier alpha value is -0.740. The summed E-state index contributed by atoms with van der Waals surface area (Å²) in [5.74, 6) is -0.303. The fourth-order valence-corrected chi connectivity index (χ4v) is 2.30. The van der Waals surface area contributed by atoms with Crippen molar-refractivity contribution in [1.29, 1.82) is 0 Å². The molecule has 1 atom stereocenters. The van der Waals surface area contributed by atoms with Gasteiger partial charge >= 0.3 is 0 Å². The van der Waals surface area contributed by atoms with E-state index in [0.717, 1.165) is 0 Å². The Kier molecular flexibility index (Phi) is 3.39. The van der Waals surface area contributed by atoms with Crippen molar-refractivity contribution in [3.05, 3.63) is 30.1 Å². The smallest absolute Gasteiger partial charge is 0.124 e. The Morgan fingerprint density at radius 3 is 2.64 bits per heavy atom. The molecular weight excluding hydrogens is 203 g/mol. The standard InChI is InChI=1S/C10H13FO2S/c1-10(2,12)7-14(13)9-5-3-4-8(11)6-9/h3-6,12H,7H2,1-2H3. The molecule has 0 aromatic heterocycles. The van der Waals surface area contributed by atoms with Gasteiger partial charge in [0.25, 0.3) is 0 Å². The lowest BCUT2D eigenvalue weighted by atomic mass is 10.2. The van der Waals surface area contributed by atoms with Crippen LogP contribution in [0.3, 0.4) is 0 Å². The van der Waals surface area contributed by atoms with Crippen molar-refractivity contribution < 1.29 is 13.7 Å². The first-order valence-electron chi connectivity index (χ1n) is 4.25. The van der Waals surface area contributed by atoms with Gasteiger partial charge in [0.05, 0.1) is 22.2 Å². The summed E-state index contributed by atoms with van der Waals surface area (Å²) >= 11 is 0. The van der Waals surface area contributed by atoms with E-state index >= 15 is 0 Å². The van der Waals surface area contributed by atoms with Gasteiger partial charge in [-0.1, -0.05) is 6.07 Å². The van der Waals surface area contributed by atoms with Gasteiger partial charge in [-0.25, -0.2) is 4.39 Å². The van der Waals surface area contributed by atoms with Crippen molar-refractivity contribution in [3.8, 4) is 0 Å². The summed E-state index contributed by atoms with van der Waals surface area (Å²) in [7, 11) is -1.35. The predicted octanol–water partition coefficient (Wildman–Crippen LogP) is 1.70. The summed E-state index contributed by atoms with van der Waals surface area (Å²) in [5, 5.41) is 9.43. The van der Waals surface area contributed by atoms with Crippen LogP contribution in [0, 0.1) is 5.82 Å². The summed E-state index contributed by atoms with van der Waals surface area (Å²) in [6.07, 6.45) is 0. The van der Waals surface area contributed by atoms with Crippen LogP contribution in [-0.4, -0.2) is 20.7 Å². The number of hydrogen-bond donors (Lipinski definition) is 1. The summed E-state index contributed by atoms with van der Waals surface area (Å²) in [6.45, 7) is 3.15. The topological polar surface area (TPSA) is 37.3 Å². The second-order valence-electron chi connectivity index (χ2n) is 3.76. The summed E-state index contributed by atoms with van der Waals surface area (Å²) < 4.78 is 24.4. The molecule has 14 heavy (non-hydrogen) atoms. The number of halogens is 1. The van der Waals surface area contributed by atoms with Crippen LogP contribution in [0.1, 0.15) is 13.8 Å². The maximum Gasteiger partial charge on any atom is 0.124 e. The molecule has 1 aromatic carbocycles. The fraction of sp³-hybridized carbons (Fsp3) is 0.400. The van der Waals surface area contributed by atoms with E-state index in [1.54, 1.807) is 19.9 Å². The molecule has 0 saturated carbocycles. The molecule has 0 spiro atoms. The van der Waals surface area contributed by atoms with Crippen LogP contribution in [0.2, 0.25) is 0 Å². The maximum absolute atomic E-state index is 12.8. The molecule has 0 fully saturated rings. The van der Waals surface area contributed by atoms with Crippen LogP contribution < -0.4 is 0 Å². The molecule has 0 radical (unpaired) electrons. The first-order valence-corrected chi connectivity index (χ1v) is 5.57. The molecular formula is C10H13FO2S. The predicted molar refractivity (Wildman–Crippen MR) is 54.0 cm³/mol. The van der Waals surface area contributed by atoms with Crippen molar-refractivity contribution >= 4 is 10.8 Å². The van der Waals surface area contributed by atoms with Gasteiger partial charge in [-0.15, -0.1) is 0 Å². The molecule has 78 valence electrons. The first kappa shape index (κ1) is 11.3. The second kappa shape index (κ2) is 4.19. The van der Waals surface area contributed by atoms with Gasteiger partial charge in [-0.05, 0) is 32.0 Å². The molecule has 0 bridgehead atoms. The lowest BCUT2D eigenvalue weighted by Crippen LogP contribution is -2.27. The van der Waals surface area contributed by atoms with Crippen LogP contribution in [-0.2, 0) is 10.8 Å². The molecule has 1 aromatic rings. The largest absolute Gasteiger partial charge is 0.389 e. The lowest BCUT2D eigenvalue weighted by Gasteiger charge is -2.15. The van der Waals surface area contributed by atoms with Crippen LogP contribution in [0.5, 0.6) is 0 Å². The van der Waals surface area contributed by atoms with Crippen molar-refractivity contribution in [2.45, 2.75) is 24.3 Å². The third-order valence-corrected chi connectivity index (χ3v) is 3.29. The van der Waals surface area contributed by atoms with Crippen LogP contribution in [0.4, 0.5) is 4.39 Å². The quantitative estimate of drug-likeness (QED) is 0.835. The molecule has 0 heterocycles. The Bertz CT molecular complexity index is 344. The van der Waals surface area contributed by atoms with Gasteiger partial charge in [0.2, 0.25) is 0 Å². The summed E-state index contributed by atoms with van der Waals surface area (Å²) in [6, 6.07) is 5.62. The summed E-state index contributed by atoms with van der Waals surface area (Å²) in [5.41, 5.74) is -1.00. The Labute approximate surface area is 85.2 Å². The molecule has 0 amide bonds. The maximum atomic E-state index is 12.8. The second-order valence-corrected chi connectivity index (χ2v) is 5.21. The van der Waals surface area contributed by atoms with Gasteiger partial charge in [-0.2, -0.15) is 0 Å². The van der Waals surface area contributed by atoms with Gasteiger partial charge in [0.1, 0.15) is 5.82 Å². The average Bonchev–Trinajstić information content (AvgIpc) is 2.01. The summed E-state index contributed by atoms with van der Waals surface area (Å²) in [4.78, 5) is 0.409. The third-order valence-electron chi connectivity index (χ3n) is 1.54. The molecule has 1 rings (SSSR count). The van der Waals surface area contributed by atoms with E-state index in [2.05, 4.69) is 0 Å². The van der Waals surface area contributed by atoms with Gasteiger partial charge in [0.15, 0.2) is 0 Å². The van der Waals surface area contributed by atoms with E-state index in [4.69, 9.17) is 0 Å². The molecule has 0 saturated heterocycles. The number of aliphatic hydroxyl groups is 1. The van der Waals surface area contributed by atoms with Crippen molar-refractivity contribution in [2.24, 2.45) is 0 Å². The van der Waals surface area contributed by atoms with E-state index in [1.807, 2.05) is 0 Å². The first-order chi connectivity index (χ1) is 6.38. The number of hydrogen-bond acceptors (Lipinski definition) is 2. The zero-order valence-corrected chi connectivity index (χ0v) is 8.97. The minimum atomic E-state index is -1.35. The highest BCUT2D eigenvalue weighted by atomic mass is 32.2. The average molecular weight is 216 g/mol. The van der Waals surface area contributed by atoms with Gasteiger partial charge in [0, 0.05) is 4.90 Å². The normalized spacial score (nSPS) is 14.0. The third kappa shape index (κ3) is 3.55. The minimum absolute atomic E-state index is 0.108. The molecule has 0 aliphatic rings. The molecule has 0 aliphatic heterocycles. The van der Waals surface area contributed by atoms with Crippen LogP contribution in [0.25, 0.3) is 0 Å². The van der Waals surface area contributed by atoms with E-state index < -0.39 is 22.2 Å². The van der Waals surface area contributed by atoms with Crippen molar-refractivity contribution in [3.63, 3.8) is 0 Å². The number of benzene rings is 1. The van der Waals surface area contributed by atoms with Gasteiger partial charge < -0.3 is 5.11 Å². The van der Waals surface area contributed by atoms with Crippen molar-refractivity contribution in [2.75, 3.05) is 5.75 Å². The molecule has 1 unspecified atom stereocenters. The highest BCUT2D eigenvalue weighted by Crippen LogP contribution is 2.13.